The maximum Gasteiger partial charge on any atom is 0.0411 e. The number of rotatable bonds is 6. The van der Waals surface area contributed by atoms with E-state index in [1.165, 1.54) is 16.8 Å². The summed E-state index contributed by atoms with van der Waals surface area (Å²) in [5.74, 6) is 0.656. The molecule has 1 N–H and O–H groups in total. The first-order chi connectivity index (χ1) is 8.47. The third-order valence-electron chi connectivity index (χ3n) is 3.76. The molecule has 1 rings (SSSR count). The maximum absolute atomic E-state index is 3.43. The Bertz CT molecular complexity index is 371. The van der Waals surface area contributed by atoms with Crippen molar-refractivity contribution in [2.75, 3.05) is 18.5 Å². The highest BCUT2D eigenvalue weighted by Gasteiger charge is 2.16. The van der Waals surface area contributed by atoms with Crippen LogP contribution >= 0.6 is 0 Å². The van der Waals surface area contributed by atoms with Gasteiger partial charge < -0.3 is 10.2 Å². The summed E-state index contributed by atoms with van der Waals surface area (Å²) in [6.07, 6.45) is 0. The van der Waals surface area contributed by atoms with Gasteiger partial charge in [-0.1, -0.05) is 38.5 Å². The second kappa shape index (κ2) is 6.79. The van der Waals surface area contributed by atoms with Gasteiger partial charge in [-0.05, 0) is 37.9 Å². The molecule has 102 valence electrons. The fourth-order valence-electron chi connectivity index (χ4n) is 2.13. The van der Waals surface area contributed by atoms with Crippen LogP contribution in [0.3, 0.4) is 0 Å². The summed E-state index contributed by atoms with van der Waals surface area (Å²) in [5.41, 5.74) is 4.08. The molecular weight excluding hydrogens is 220 g/mol. The molecule has 0 aromatic heterocycles. The first kappa shape index (κ1) is 15.0. The van der Waals surface area contributed by atoms with Gasteiger partial charge in [0, 0.05) is 25.3 Å². The number of hydrogen-bond donors (Lipinski definition) is 1. The van der Waals surface area contributed by atoms with Crippen molar-refractivity contribution in [3.05, 3.63) is 29.3 Å². The van der Waals surface area contributed by atoms with Gasteiger partial charge in [-0.15, -0.1) is 0 Å². The number of hydrogen-bond acceptors (Lipinski definition) is 2. The molecule has 0 bridgehead atoms. The summed E-state index contributed by atoms with van der Waals surface area (Å²) in [6.45, 7) is 13.1. The Morgan fingerprint density at radius 2 is 1.89 bits per heavy atom. The van der Waals surface area contributed by atoms with Crippen molar-refractivity contribution in [3.63, 3.8) is 0 Å². The van der Waals surface area contributed by atoms with E-state index in [4.69, 9.17) is 0 Å². The Hall–Kier alpha value is -1.02. The fourth-order valence-corrected chi connectivity index (χ4v) is 2.13. The van der Waals surface area contributed by atoms with Crippen LogP contribution in [-0.4, -0.2) is 19.6 Å². The molecule has 0 aliphatic carbocycles. The lowest BCUT2D eigenvalue weighted by Crippen LogP contribution is -2.34. The van der Waals surface area contributed by atoms with E-state index in [2.05, 4.69) is 70.1 Å². The largest absolute Gasteiger partial charge is 0.371 e. The number of aryl methyl sites for hydroxylation is 1. The second-order valence-corrected chi connectivity index (χ2v) is 5.51. The van der Waals surface area contributed by atoms with Crippen molar-refractivity contribution >= 4 is 5.69 Å². The van der Waals surface area contributed by atoms with Crippen LogP contribution in [0, 0.1) is 12.8 Å². The summed E-state index contributed by atoms with van der Waals surface area (Å²) in [4.78, 5) is 2.40. The molecule has 18 heavy (non-hydrogen) atoms. The molecule has 0 radical (unpaired) electrons. The summed E-state index contributed by atoms with van der Waals surface area (Å²) in [5, 5.41) is 3.43. The lowest BCUT2D eigenvalue weighted by Gasteiger charge is -2.32. The Balaban J connectivity index is 2.99. The summed E-state index contributed by atoms with van der Waals surface area (Å²) < 4.78 is 0. The summed E-state index contributed by atoms with van der Waals surface area (Å²) in [6, 6.07) is 7.30. The molecule has 0 saturated carbocycles. The standard InChI is InChI=1S/C16H28N2/c1-7-17-11-15-10-13(4)8-9-16(15)18(6)14(5)12(2)3/h8-10,12,14,17H,7,11H2,1-6H3. The van der Waals surface area contributed by atoms with E-state index in [1.807, 2.05) is 0 Å². The molecule has 1 atom stereocenters. The molecule has 1 aromatic rings. The van der Waals surface area contributed by atoms with Gasteiger partial charge in [0.15, 0.2) is 0 Å². The van der Waals surface area contributed by atoms with Crippen molar-refractivity contribution in [2.45, 2.75) is 47.2 Å². The molecule has 1 aromatic carbocycles. The minimum Gasteiger partial charge on any atom is -0.371 e. The zero-order chi connectivity index (χ0) is 13.7. The Morgan fingerprint density at radius 1 is 1.22 bits per heavy atom. The van der Waals surface area contributed by atoms with Crippen molar-refractivity contribution in [1.82, 2.24) is 5.32 Å². The molecular formula is C16H28N2. The van der Waals surface area contributed by atoms with E-state index in [9.17, 15) is 0 Å². The number of benzene rings is 1. The van der Waals surface area contributed by atoms with Gasteiger partial charge in [-0.25, -0.2) is 0 Å². The van der Waals surface area contributed by atoms with Gasteiger partial charge in [0.25, 0.3) is 0 Å². The molecule has 0 aliphatic heterocycles. The molecule has 2 nitrogen and oxygen atoms in total. The molecule has 0 saturated heterocycles. The monoisotopic (exact) mass is 248 g/mol. The molecule has 0 heterocycles. The lowest BCUT2D eigenvalue weighted by atomic mass is 10.0. The first-order valence-corrected chi connectivity index (χ1v) is 7.00. The highest BCUT2D eigenvalue weighted by atomic mass is 15.1. The van der Waals surface area contributed by atoms with Crippen molar-refractivity contribution < 1.29 is 0 Å². The molecule has 0 spiro atoms. The lowest BCUT2D eigenvalue weighted by molar-refractivity contribution is 0.504. The van der Waals surface area contributed by atoms with E-state index in [-0.39, 0.29) is 0 Å². The van der Waals surface area contributed by atoms with Crippen LogP contribution in [0.2, 0.25) is 0 Å². The van der Waals surface area contributed by atoms with E-state index >= 15 is 0 Å². The van der Waals surface area contributed by atoms with Gasteiger partial charge in [0.05, 0.1) is 0 Å². The fraction of sp³-hybridized carbons (Fsp3) is 0.625. The van der Waals surface area contributed by atoms with Gasteiger partial charge >= 0.3 is 0 Å². The van der Waals surface area contributed by atoms with Crippen LogP contribution in [0.1, 0.15) is 38.8 Å². The van der Waals surface area contributed by atoms with E-state index in [0.29, 0.717) is 12.0 Å². The Labute approximate surface area is 112 Å². The maximum atomic E-state index is 3.43. The number of nitrogens with one attached hydrogen (secondary N) is 1. The second-order valence-electron chi connectivity index (χ2n) is 5.51. The van der Waals surface area contributed by atoms with Crippen molar-refractivity contribution in [3.8, 4) is 0 Å². The molecule has 0 amide bonds. The quantitative estimate of drug-likeness (QED) is 0.827. The van der Waals surface area contributed by atoms with Crippen molar-refractivity contribution in [2.24, 2.45) is 5.92 Å². The Morgan fingerprint density at radius 3 is 2.44 bits per heavy atom. The number of anilines is 1. The topological polar surface area (TPSA) is 15.3 Å². The van der Waals surface area contributed by atoms with Crippen LogP contribution in [0.4, 0.5) is 5.69 Å². The van der Waals surface area contributed by atoms with E-state index in [1.54, 1.807) is 0 Å². The predicted molar refractivity (Wildman–Crippen MR) is 81.3 cm³/mol. The summed E-state index contributed by atoms with van der Waals surface area (Å²) in [7, 11) is 2.20. The van der Waals surface area contributed by atoms with Crippen LogP contribution in [0.15, 0.2) is 18.2 Å². The third kappa shape index (κ3) is 3.74. The van der Waals surface area contributed by atoms with Gasteiger partial charge in [0.2, 0.25) is 0 Å². The van der Waals surface area contributed by atoms with Gasteiger partial charge in [-0.2, -0.15) is 0 Å². The van der Waals surface area contributed by atoms with Crippen LogP contribution in [0.5, 0.6) is 0 Å². The SMILES string of the molecule is CCNCc1cc(C)ccc1N(C)C(C)C(C)C. The first-order valence-electron chi connectivity index (χ1n) is 7.00. The minimum atomic E-state index is 0.549. The zero-order valence-corrected chi connectivity index (χ0v) is 12.7. The Kier molecular flexibility index (Phi) is 5.67. The normalized spacial score (nSPS) is 12.8. The van der Waals surface area contributed by atoms with Crippen molar-refractivity contribution in [1.29, 1.82) is 0 Å². The van der Waals surface area contributed by atoms with Gasteiger partial charge in [0.1, 0.15) is 0 Å². The van der Waals surface area contributed by atoms with E-state index < -0.39 is 0 Å². The minimum absolute atomic E-state index is 0.549. The molecule has 0 fully saturated rings. The average molecular weight is 248 g/mol. The highest BCUT2D eigenvalue weighted by Crippen LogP contribution is 2.24. The molecule has 0 aliphatic rings. The van der Waals surface area contributed by atoms with E-state index in [0.717, 1.165) is 13.1 Å². The smallest absolute Gasteiger partial charge is 0.0411 e. The highest BCUT2D eigenvalue weighted by molar-refractivity contribution is 5.55. The van der Waals surface area contributed by atoms with Gasteiger partial charge in [-0.3, -0.25) is 0 Å². The predicted octanol–water partition coefficient (Wildman–Crippen LogP) is 3.59. The molecule has 2 heteroatoms. The summed E-state index contributed by atoms with van der Waals surface area (Å²) >= 11 is 0. The third-order valence-corrected chi connectivity index (χ3v) is 3.76. The molecule has 1 unspecified atom stereocenters. The zero-order valence-electron chi connectivity index (χ0n) is 12.7. The number of nitrogens with zero attached hydrogens (tertiary/aromatic N) is 1. The van der Waals surface area contributed by atoms with Crippen LogP contribution in [-0.2, 0) is 6.54 Å². The van der Waals surface area contributed by atoms with Crippen LogP contribution in [0.25, 0.3) is 0 Å². The average Bonchev–Trinajstić information content (AvgIpc) is 2.34. The van der Waals surface area contributed by atoms with Crippen LogP contribution < -0.4 is 10.2 Å².